The first-order valence-electron chi connectivity index (χ1n) is 10.8. The first kappa shape index (κ1) is 22.9. The van der Waals surface area contributed by atoms with Crippen LogP contribution in [0.1, 0.15) is 43.4 Å². The largest absolute Gasteiger partial charge is 0.469 e. The summed E-state index contributed by atoms with van der Waals surface area (Å²) in [6.07, 6.45) is 3.25. The number of nitrogens with one attached hydrogen (secondary N) is 1. The Hall–Kier alpha value is -2.74. The Morgan fingerprint density at radius 2 is 1.97 bits per heavy atom. The van der Waals surface area contributed by atoms with Crippen molar-refractivity contribution in [3.8, 4) is 0 Å². The van der Waals surface area contributed by atoms with Crippen molar-refractivity contribution in [3.63, 3.8) is 0 Å². The number of rotatable bonds is 7. The van der Waals surface area contributed by atoms with Gasteiger partial charge in [0.15, 0.2) is 0 Å². The van der Waals surface area contributed by atoms with Gasteiger partial charge in [0.25, 0.3) is 0 Å². The molecule has 0 spiro atoms. The number of aryl methyl sites for hydroxylation is 2. The minimum atomic E-state index is -0.525. The van der Waals surface area contributed by atoms with E-state index in [2.05, 4.69) is 35.3 Å². The van der Waals surface area contributed by atoms with E-state index >= 15 is 0 Å². The standard InChI is InChI=1S/C23H32N4O4/c1-15-7-8-18-16(2)24-23(26-20(18)14-15)27-12-5-6-17(11-13-27)25-19(22(29)31-4)9-10-21(28)30-3/h7-8,14,17,19,25H,5-6,9-13H2,1-4H3/t17?,19-/m0/s1. The molecule has 1 aliphatic rings. The minimum Gasteiger partial charge on any atom is -0.469 e. The van der Waals surface area contributed by atoms with Crippen molar-refractivity contribution in [2.75, 3.05) is 32.2 Å². The molecule has 3 rings (SSSR count). The molecule has 1 aromatic carbocycles. The maximum Gasteiger partial charge on any atom is 0.322 e. The molecule has 0 saturated carbocycles. The Kier molecular flexibility index (Phi) is 7.79. The molecule has 2 aromatic rings. The summed E-state index contributed by atoms with van der Waals surface area (Å²) >= 11 is 0. The second-order valence-corrected chi connectivity index (χ2v) is 8.10. The van der Waals surface area contributed by atoms with Crippen LogP contribution in [-0.2, 0) is 19.1 Å². The summed E-state index contributed by atoms with van der Waals surface area (Å²) in [6, 6.07) is 5.88. The lowest BCUT2D eigenvalue weighted by molar-refractivity contribution is -0.144. The molecule has 8 nitrogen and oxygen atoms in total. The highest BCUT2D eigenvalue weighted by Gasteiger charge is 2.26. The monoisotopic (exact) mass is 428 g/mol. The summed E-state index contributed by atoms with van der Waals surface area (Å²) in [5.74, 6) is 0.0714. The van der Waals surface area contributed by atoms with Gasteiger partial charge in [-0.3, -0.25) is 9.59 Å². The second-order valence-electron chi connectivity index (χ2n) is 8.10. The Labute approximate surface area is 183 Å². The van der Waals surface area contributed by atoms with Gasteiger partial charge in [-0.1, -0.05) is 12.1 Å². The molecule has 0 radical (unpaired) electrons. The average Bonchev–Trinajstić information content (AvgIpc) is 3.00. The average molecular weight is 429 g/mol. The fourth-order valence-electron chi connectivity index (χ4n) is 4.05. The molecular weight excluding hydrogens is 396 g/mol. The lowest BCUT2D eigenvalue weighted by atomic mass is 10.1. The zero-order chi connectivity index (χ0) is 22.4. The first-order chi connectivity index (χ1) is 14.9. The number of fused-ring (bicyclic) bond motifs is 1. The molecule has 2 heterocycles. The van der Waals surface area contributed by atoms with Gasteiger partial charge in [0, 0.05) is 30.9 Å². The van der Waals surface area contributed by atoms with Gasteiger partial charge in [0.1, 0.15) is 6.04 Å². The molecule has 31 heavy (non-hydrogen) atoms. The molecular formula is C23H32N4O4. The third-order valence-corrected chi connectivity index (χ3v) is 5.83. The summed E-state index contributed by atoms with van der Waals surface area (Å²) in [7, 11) is 2.71. The van der Waals surface area contributed by atoms with Crippen molar-refractivity contribution in [3.05, 3.63) is 29.5 Å². The maximum absolute atomic E-state index is 12.2. The van der Waals surface area contributed by atoms with Gasteiger partial charge in [-0.05, 0) is 51.2 Å². The summed E-state index contributed by atoms with van der Waals surface area (Å²) in [6.45, 7) is 5.74. The predicted octanol–water partition coefficient (Wildman–Crippen LogP) is 2.69. The van der Waals surface area contributed by atoms with E-state index < -0.39 is 6.04 Å². The summed E-state index contributed by atoms with van der Waals surface area (Å²) in [4.78, 5) is 35.5. The van der Waals surface area contributed by atoms with E-state index in [1.165, 1.54) is 19.8 Å². The predicted molar refractivity (Wildman–Crippen MR) is 119 cm³/mol. The second kappa shape index (κ2) is 10.5. The Balaban J connectivity index is 1.67. The molecule has 0 aliphatic carbocycles. The van der Waals surface area contributed by atoms with Gasteiger partial charge in [0.2, 0.25) is 5.95 Å². The van der Waals surface area contributed by atoms with Crippen molar-refractivity contribution in [1.29, 1.82) is 0 Å². The fraction of sp³-hybridized carbons (Fsp3) is 0.565. The third-order valence-electron chi connectivity index (χ3n) is 5.83. The number of benzene rings is 1. The van der Waals surface area contributed by atoms with Crippen LogP contribution >= 0.6 is 0 Å². The molecule has 0 amide bonds. The Morgan fingerprint density at radius 1 is 1.16 bits per heavy atom. The number of anilines is 1. The number of hydrogen-bond donors (Lipinski definition) is 1. The number of methoxy groups -OCH3 is 2. The van der Waals surface area contributed by atoms with E-state index in [0.717, 1.165) is 54.9 Å². The van der Waals surface area contributed by atoms with Crippen molar-refractivity contribution >= 4 is 28.8 Å². The fourth-order valence-corrected chi connectivity index (χ4v) is 4.05. The maximum atomic E-state index is 12.2. The first-order valence-corrected chi connectivity index (χ1v) is 10.8. The van der Waals surface area contributed by atoms with Gasteiger partial charge in [-0.25, -0.2) is 9.97 Å². The van der Waals surface area contributed by atoms with Gasteiger partial charge < -0.3 is 19.7 Å². The van der Waals surface area contributed by atoms with Crippen LogP contribution in [-0.4, -0.2) is 61.3 Å². The number of aromatic nitrogens is 2. The molecule has 1 N–H and O–H groups in total. The summed E-state index contributed by atoms with van der Waals surface area (Å²) < 4.78 is 9.62. The van der Waals surface area contributed by atoms with E-state index in [-0.39, 0.29) is 24.4 Å². The van der Waals surface area contributed by atoms with Crippen LogP contribution in [0.5, 0.6) is 0 Å². The van der Waals surface area contributed by atoms with E-state index in [4.69, 9.17) is 19.4 Å². The summed E-state index contributed by atoms with van der Waals surface area (Å²) in [5, 5.41) is 4.48. The molecule has 1 aromatic heterocycles. The molecule has 8 heteroatoms. The molecule has 2 atom stereocenters. The number of nitrogens with zero attached hydrogens (tertiary/aromatic N) is 3. The van der Waals surface area contributed by atoms with Gasteiger partial charge in [-0.15, -0.1) is 0 Å². The van der Waals surface area contributed by atoms with Crippen LogP contribution in [0, 0.1) is 13.8 Å². The Morgan fingerprint density at radius 3 is 2.71 bits per heavy atom. The third kappa shape index (κ3) is 5.91. The van der Waals surface area contributed by atoms with E-state index in [1.54, 1.807) is 0 Å². The minimum absolute atomic E-state index is 0.149. The van der Waals surface area contributed by atoms with Crippen molar-refractivity contribution < 1.29 is 19.1 Å². The molecule has 1 aliphatic heterocycles. The zero-order valence-corrected chi connectivity index (χ0v) is 18.8. The lowest BCUT2D eigenvalue weighted by Crippen LogP contribution is -2.44. The smallest absolute Gasteiger partial charge is 0.322 e. The van der Waals surface area contributed by atoms with Gasteiger partial charge in [-0.2, -0.15) is 0 Å². The zero-order valence-electron chi connectivity index (χ0n) is 18.8. The number of carbonyl (C=O) groups excluding carboxylic acids is 2. The molecule has 168 valence electrons. The van der Waals surface area contributed by atoms with E-state index in [1.807, 2.05) is 6.92 Å². The van der Waals surface area contributed by atoms with Gasteiger partial charge in [0.05, 0.1) is 25.4 Å². The van der Waals surface area contributed by atoms with Crippen LogP contribution in [0.2, 0.25) is 0 Å². The van der Waals surface area contributed by atoms with E-state index in [0.29, 0.717) is 6.42 Å². The summed E-state index contributed by atoms with van der Waals surface area (Å²) in [5.41, 5.74) is 3.12. The highest BCUT2D eigenvalue weighted by Crippen LogP contribution is 2.23. The highest BCUT2D eigenvalue weighted by atomic mass is 16.5. The van der Waals surface area contributed by atoms with Crippen molar-refractivity contribution in [2.45, 2.75) is 58.0 Å². The topological polar surface area (TPSA) is 93.6 Å². The van der Waals surface area contributed by atoms with Crippen LogP contribution in [0.15, 0.2) is 18.2 Å². The molecule has 1 saturated heterocycles. The molecule has 1 unspecified atom stereocenters. The highest BCUT2D eigenvalue weighted by molar-refractivity contribution is 5.82. The van der Waals surface area contributed by atoms with Crippen LogP contribution in [0.4, 0.5) is 5.95 Å². The molecule has 1 fully saturated rings. The number of hydrogen-bond acceptors (Lipinski definition) is 8. The van der Waals surface area contributed by atoms with Crippen molar-refractivity contribution in [2.24, 2.45) is 0 Å². The molecule has 0 bridgehead atoms. The van der Waals surface area contributed by atoms with Crippen LogP contribution < -0.4 is 10.2 Å². The van der Waals surface area contributed by atoms with Gasteiger partial charge >= 0.3 is 11.9 Å². The number of carbonyl (C=O) groups is 2. The normalized spacial score (nSPS) is 17.8. The van der Waals surface area contributed by atoms with Crippen LogP contribution in [0.3, 0.4) is 0 Å². The Bertz CT molecular complexity index is 933. The number of ether oxygens (including phenoxy) is 2. The lowest BCUT2D eigenvalue weighted by Gasteiger charge is -2.24. The van der Waals surface area contributed by atoms with Crippen molar-refractivity contribution in [1.82, 2.24) is 15.3 Å². The quantitative estimate of drug-likeness (QED) is 0.673. The SMILES string of the molecule is COC(=O)CC[C@H](NC1CCCN(c2nc(C)c3ccc(C)cc3n2)CC1)C(=O)OC. The number of esters is 2. The van der Waals surface area contributed by atoms with Crippen LogP contribution in [0.25, 0.3) is 10.9 Å². The van der Waals surface area contributed by atoms with E-state index in [9.17, 15) is 9.59 Å².